The van der Waals surface area contributed by atoms with Gasteiger partial charge in [-0.2, -0.15) is 0 Å². The van der Waals surface area contributed by atoms with Crippen LogP contribution < -0.4 is 14.8 Å². The van der Waals surface area contributed by atoms with E-state index in [-0.39, 0.29) is 18.4 Å². The van der Waals surface area contributed by atoms with Gasteiger partial charge in [0.05, 0.1) is 12.5 Å². The summed E-state index contributed by atoms with van der Waals surface area (Å²) in [6, 6.07) is 15.1. The highest BCUT2D eigenvalue weighted by molar-refractivity contribution is 5.84. The number of hydrogen-bond acceptors (Lipinski definition) is 4. The van der Waals surface area contributed by atoms with Crippen LogP contribution in [-0.4, -0.2) is 43.5 Å². The minimum Gasteiger partial charge on any atom is -0.497 e. The number of carbonyl (C=O) groups excluding carboxylic acids is 2. The summed E-state index contributed by atoms with van der Waals surface area (Å²) in [5.41, 5.74) is 1.65. The summed E-state index contributed by atoms with van der Waals surface area (Å²) in [5, 5.41) is 3.06. The summed E-state index contributed by atoms with van der Waals surface area (Å²) < 4.78 is 10.7. The molecule has 0 aliphatic carbocycles. The van der Waals surface area contributed by atoms with Crippen LogP contribution >= 0.6 is 0 Å². The molecule has 160 valence electrons. The number of likely N-dealkylation sites (tertiary alicyclic amines) is 1. The Hall–Kier alpha value is -3.02. The van der Waals surface area contributed by atoms with Crippen LogP contribution in [-0.2, 0) is 16.1 Å². The molecule has 6 nitrogen and oxygen atoms in total. The summed E-state index contributed by atoms with van der Waals surface area (Å²) in [5.74, 6) is 1.22. The zero-order valence-corrected chi connectivity index (χ0v) is 17.9. The van der Waals surface area contributed by atoms with Crippen molar-refractivity contribution in [3.8, 4) is 11.5 Å². The first kappa shape index (κ1) is 21.7. The fraction of sp³-hybridized carbons (Fsp3) is 0.417. The van der Waals surface area contributed by atoms with Gasteiger partial charge in [-0.1, -0.05) is 24.3 Å². The fourth-order valence-electron chi connectivity index (χ4n) is 3.74. The maximum Gasteiger partial charge on any atom is 0.260 e. The molecule has 0 spiro atoms. The quantitative estimate of drug-likeness (QED) is 0.760. The highest BCUT2D eigenvalue weighted by atomic mass is 16.5. The van der Waals surface area contributed by atoms with E-state index in [4.69, 9.17) is 9.47 Å². The second-order valence-electron chi connectivity index (χ2n) is 8.05. The van der Waals surface area contributed by atoms with E-state index < -0.39 is 5.41 Å². The van der Waals surface area contributed by atoms with Gasteiger partial charge in [-0.05, 0) is 62.1 Å². The summed E-state index contributed by atoms with van der Waals surface area (Å²) in [6.07, 6.45) is 1.55. The average Bonchev–Trinajstić information content (AvgIpc) is 2.77. The number of amides is 2. The van der Waals surface area contributed by atoms with E-state index in [2.05, 4.69) is 5.32 Å². The monoisotopic (exact) mass is 410 g/mol. The third kappa shape index (κ3) is 5.32. The van der Waals surface area contributed by atoms with E-state index >= 15 is 0 Å². The molecule has 0 unspecified atom stereocenters. The van der Waals surface area contributed by atoms with Gasteiger partial charge < -0.3 is 19.7 Å². The zero-order chi connectivity index (χ0) is 21.6. The van der Waals surface area contributed by atoms with Crippen molar-refractivity contribution < 1.29 is 19.1 Å². The number of nitrogens with one attached hydrogen (secondary N) is 1. The van der Waals surface area contributed by atoms with Gasteiger partial charge in [0, 0.05) is 19.6 Å². The fourth-order valence-corrected chi connectivity index (χ4v) is 3.74. The van der Waals surface area contributed by atoms with E-state index in [1.807, 2.05) is 38.1 Å². The van der Waals surface area contributed by atoms with Gasteiger partial charge in [-0.3, -0.25) is 9.59 Å². The number of aryl methyl sites for hydroxylation is 1. The van der Waals surface area contributed by atoms with Crippen molar-refractivity contribution in [1.82, 2.24) is 10.2 Å². The van der Waals surface area contributed by atoms with Crippen LogP contribution in [0.4, 0.5) is 0 Å². The molecule has 0 aromatic heterocycles. The van der Waals surface area contributed by atoms with Gasteiger partial charge in [0.1, 0.15) is 11.5 Å². The SMILES string of the molecule is COc1ccc(OCC(=O)N2CCC[C@@](C)(C(=O)NCc3ccccc3C)C2)cc1. The van der Waals surface area contributed by atoms with Crippen molar-refractivity contribution in [1.29, 1.82) is 0 Å². The van der Waals surface area contributed by atoms with Gasteiger partial charge in [-0.25, -0.2) is 0 Å². The zero-order valence-electron chi connectivity index (χ0n) is 17.9. The second-order valence-corrected chi connectivity index (χ2v) is 8.05. The number of benzene rings is 2. The average molecular weight is 411 g/mol. The molecule has 1 saturated heterocycles. The maximum absolute atomic E-state index is 12.9. The van der Waals surface area contributed by atoms with Crippen LogP contribution in [0.1, 0.15) is 30.9 Å². The van der Waals surface area contributed by atoms with Crippen molar-refractivity contribution in [3.05, 3.63) is 59.7 Å². The predicted molar refractivity (Wildman–Crippen MR) is 115 cm³/mol. The molecule has 0 bridgehead atoms. The lowest BCUT2D eigenvalue weighted by atomic mass is 9.81. The molecule has 3 rings (SSSR count). The summed E-state index contributed by atoms with van der Waals surface area (Å²) in [7, 11) is 1.60. The molecule has 6 heteroatoms. The van der Waals surface area contributed by atoms with E-state index in [9.17, 15) is 9.59 Å². The normalized spacial score (nSPS) is 18.6. The van der Waals surface area contributed by atoms with Crippen LogP contribution in [0.3, 0.4) is 0 Å². The highest BCUT2D eigenvalue weighted by Crippen LogP contribution is 2.30. The Bertz CT molecular complexity index is 881. The Labute approximate surface area is 178 Å². The molecular formula is C24H30N2O4. The van der Waals surface area contributed by atoms with Crippen LogP contribution in [0.5, 0.6) is 11.5 Å². The van der Waals surface area contributed by atoms with Crippen molar-refractivity contribution >= 4 is 11.8 Å². The molecule has 1 N–H and O–H groups in total. The van der Waals surface area contributed by atoms with E-state index in [0.717, 1.165) is 29.7 Å². The van der Waals surface area contributed by atoms with Crippen molar-refractivity contribution in [2.45, 2.75) is 33.2 Å². The Morgan fingerprint density at radius 3 is 2.50 bits per heavy atom. The highest BCUT2D eigenvalue weighted by Gasteiger charge is 2.39. The third-order valence-corrected chi connectivity index (χ3v) is 5.72. The van der Waals surface area contributed by atoms with Crippen LogP contribution in [0, 0.1) is 12.3 Å². The molecule has 1 heterocycles. The summed E-state index contributed by atoms with van der Waals surface area (Å²) >= 11 is 0. The number of nitrogens with zero attached hydrogens (tertiary/aromatic N) is 1. The van der Waals surface area contributed by atoms with E-state index in [1.54, 1.807) is 36.3 Å². The van der Waals surface area contributed by atoms with Crippen LogP contribution in [0.25, 0.3) is 0 Å². The molecule has 2 amide bonds. The molecule has 1 fully saturated rings. The third-order valence-electron chi connectivity index (χ3n) is 5.72. The topological polar surface area (TPSA) is 67.9 Å². The lowest BCUT2D eigenvalue weighted by molar-refractivity contribution is -0.142. The first-order chi connectivity index (χ1) is 14.4. The Balaban J connectivity index is 1.54. The number of methoxy groups -OCH3 is 1. The summed E-state index contributed by atoms with van der Waals surface area (Å²) in [4.78, 5) is 27.3. The first-order valence-corrected chi connectivity index (χ1v) is 10.3. The second kappa shape index (κ2) is 9.65. The van der Waals surface area contributed by atoms with Gasteiger partial charge in [0.15, 0.2) is 6.61 Å². The smallest absolute Gasteiger partial charge is 0.260 e. The lowest BCUT2D eigenvalue weighted by Crippen LogP contribution is -2.52. The molecule has 2 aromatic carbocycles. The number of ether oxygens (including phenoxy) is 2. The largest absolute Gasteiger partial charge is 0.497 e. The van der Waals surface area contributed by atoms with Crippen LogP contribution in [0.15, 0.2) is 48.5 Å². The van der Waals surface area contributed by atoms with E-state index in [0.29, 0.717) is 25.4 Å². The van der Waals surface area contributed by atoms with Crippen molar-refractivity contribution in [2.75, 3.05) is 26.8 Å². The van der Waals surface area contributed by atoms with Gasteiger partial charge in [0.2, 0.25) is 5.91 Å². The summed E-state index contributed by atoms with van der Waals surface area (Å²) in [6.45, 7) is 5.46. The Morgan fingerprint density at radius 1 is 1.10 bits per heavy atom. The van der Waals surface area contributed by atoms with Crippen molar-refractivity contribution in [2.24, 2.45) is 5.41 Å². The molecular weight excluding hydrogens is 380 g/mol. The van der Waals surface area contributed by atoms with Crippen LogP contribution in [0.2, 0.25) is 0 Å². The standard InChI is InChI=1S/C24H30N2O4/c1-18-7-4-5-8-19(18)15-25-23(28)24(2)13-6-14-26(17-24)22(27)16-30-21-11-9-20(29-3)10-12-21/h4-5,7-12H,6,13-17H2,1-3H3,(H,25,28)/t24-/m1/s1. The molecule has 2 aromatic rings. The maximum atomic E-state index is 12.9. The van der Waals surface area contributed by atoms with E-state index in [1.165, 1.54) is 0 Å². The van der Waals surface area contributed by atoms with Crippen molar-refractivity contribution in [3.63, 3.8) is 0 Å². The number of carbonyl (C=O) groups is 2. The molecule has 0 saturated carbocycles. The predicted octanol–water partition coefficient (Wildman–Crippen LogP) is 3.33. The number of hydrogen-bond donors (Lipinski definition) is 1. The number of rotatable bonds is 7. The lowest BCUT2D eigenvalue weighted by Gasteiger charge is -2.39. The minimum atomic E-state index is -0.600. The van der Waals surface area contributed by atoms with Gasteiger partial charge in [0.25, 0.3) is 5.91 Å². The Morgan fingerprint density at radius 2 is 1.80 bits per heavy atom. The molecule has 1 aliphatic heterocycles. The molecule has 1 atom stereocenters. The van der Waals surface area contributed by atoms with Gasteiger partial charge >= 0.3 is 0 Å². The Kier molecular flexibility index (Phi) is 6.98. The molecule has 30 heavy (non-hydrogen) atoms. The number of piperidine rings is 1. The molecule has 0 radical (unpaired) electrons. The van der Waals surface area contributed by atoms with Gasteiger partial charge in [-0.15, -0.1) is 0 Å². The first-order valence-electron chi connectivity index (χ1n) is 10.3. The molecule has 1 aliphatic rings. The minimum absolute atomic E-state index is 0.0145.